The van der Waals surface area contributed by atoms with Crippen LogP contribution >= 0.6 is 11.8 Å². The maximum absolute atomic E-state index is 14.0. The summed E-state index contributed by atoms with van der Waals surface area (Å²) in [6.07, 6.45) is 11.0. The van der Waals surface area contributed by atoms with Crippen molar-refractivity contribution in [2.45, 2.75) is 82.7 Å². The number of aliphatic carboxylic acids is 1. The van der Waals surface area contributed by atoms with Crippen LogP contribution < -0.4 is 26.0 Å². The van der Waals surface area contributed by atoms with Crippen LogP contribution in [0.4, 0.5) is 8.78 Å². The van der Waals surface area contributed by atoms with Crippen LogP contribution in [0.15, 0.2) is 54.7 Å². The van der Waals surface area contributed by atoms with Crippen LogP contribution in [0.3, 0.4) is 0 Å². The zero-order valence-electron chi connectivity index (χ0n) is 52.0. The van der Waals surface area contributed by atoms with Crippen molar-refractivity contribution in [2.24, 2.45) is 0 Å². The van der Waals surface area contributed by atoms with Crippen molar-refractivity contribution in [3.63, 3.8) is 0 Å². The van der Waals surface area contributed by atoms with E-state index in [1.54, 1.807) is 23.1 Å². The predicted octanol–water partition coefficient (Wildman–Crippen LogP) is 1.66. The highest BCUT2D eigenvalue weighted by molar-refractivity contribution is 7.99. The summed E-state index contributed by atoms with van der Waals surface area (Å²) in [6.45, 7) is 8.19. The molecule has 0 aliphatic carbocycles. The molecule has 6 rings (SSSR count). The van der Waals surface area contributed by atoms with Crippen molar-refractivity contribution >= 4 is 77.0 Å². The quantitative estimate of drug-likeness (QED) is 0.0318. The van der Waals surface area contributed by atoms with Gasteiger partial charge < -0.3 is 50.4 Å². The van der Waals surface area contributed by atoms with E-state index >= 15 is 0 Å². The van der Waals surface area contributed by atoms with E-state index in [1.807, 2.05) is 38.7 Å². The minimum absolute atomic E-state index is 0.00496. The number of amides is 6. The number of ether oxygens (including phenoxy) is 3. The first-order valence-electron chi connectivity index (χ1n) is 31.0. The number of nitrogens with zero attached hydrogens (tertiary/aromatic N) is 8. The molecule has 91 heavy (non-hydrogen) atoms. The molecule has 1 unspecified atom stereocenters. The van der Waals surface area contributed by atoms with E-state index in [4.69, 9.17) is 20.6 Å². The fraction of sp³-hybridized carbons (Fsp3) is 0.587. The van der Waals surface area contributed by atoms with Crippen molar-refractivity contribution < 1.29 is 71.2 Å². The minimum Gasteiger partial charge on any atom is -0.494 e. The topological polar surface area (TPSA) is 285 Å². The fourth-order valence-corrected chi connectivity index (χ4v) is 11.6. The third kappa shape index (κ3) is 26.3. The Bertz CT molecular complexity index is 2900. The number of hydrogen-bond acceptors (Lipinski definition) is 19. The molecular weight excluding hydrogens is 1200 g/mol. The number of likely N-dealkylation sites (tertiary alicyclic amines) is 1. The molecule has 3 aromatic rings. The number of halogens is 2. The Balaban J connectivity index is 0.918. The maximum atomic E-state index is 14.0. The number of carboxylic acid groups (broad SMARTS) is 1. The highest BCUT2D eigenvalue weighted by atomic mass is 32.2. The molecule has 0 bridgehead atoms. The first-order valence-corrected chi connectivity index (χ1v) is 32.2. The number of thioether (sulfide) groups is 1. The number of unbranched alkanes of at least 4 members (excludes halogenated alkanes) is 2. The Labute approximate surface area is 534 Å². The number of aromatic nitrogens is 1. The number of carboxylic acids is 1. The molecule has 498 valence electrons. The monoisotopic (exact) mass is 1290 g/mol. The summed E-state index contributed by atoms with van der Waals surface area (Å²) in [6, 6.07) is 12.9. The van der Waals surface area contributed by atoms with Crippen molar-refractivity contribution in [1.29, 1.82) is 0 Å². The van der Waals surface area contributed by atoms with Crippen molar-refractivity contribution in [1.82, 2.24) is 60.6 Å². The van der Waals surface area contributed by atoms with Gasteiger partial charge in [-0.05, 0) is 68.9 Å². The Morgan fingerprint density at radius 3 is 2.07 bits per heavy atom. The van der Waals surface area contributed by atoms with Crippen LogP contribution in [0.2, 0.25) is 0 Å². The molecule has 0 radical (unpaired) electrons. The van der Waals surface area contributed by atoms with Gasteiger partial charge in [-0.3, -0.25) is 72.6 Å². The van der Waals surface area contributed by atoms with Gasteiger partial charge in [-0.25, -0.2) is 8.78 Å². The molecular formula is C63H88F2N12O13S. The third-order valence-electron chi connectivity index (χ3n) is 15.9. The highest BCUT2D eigenvalue weighted by Gasteiger charge is 2.46. The highest BCUT2D eigenvalue weighted by Crippen LogP contribution is 2.32. The van der Waals surface area contributed by atoms with Crippen molar-refractivity contribution in [3.05, 3.63) is 71.4 Å². The summed E-state index contributed by atoms with van der Waals surface area (Å²) >= 11 is 1.42. The summed E-state index contributed by atoms with van der Waals surface area (Å²) in [5.74, 6) is -2.76. The molecule has 3 aliphatic rings. The van der Waals surface area contributed by atoms with Crippen LogP contribution in [0.25, 0.3) is 10.9 Å². The molecule has 2 aromatic carbocycles. The summed E-state index contributed by atoms with van der Waals surface area (Å²) in [5.41, 5.74) is 3.10. The first-order chi connectivity index (χ1) is 43.9. The van der Waals surface area contributed by atoms with Crippen LogP contribution in [-0.4, -0.2) is 273 Å². The van der Waals surface area contributed by atoms with Gasteiger partial charge in [-0.1, -0.05) is 42.2 Å². The molecule has 3 saturated heterocycles. The second-order valence-corrected chi connectivity index (χ2v) is 24.0. The SMILES string of the molecule is C#C[C@H]1CC(F)(F)CN1C(=O)CNC(=O)c1ccnc2ccc(OCCCN3CCN(C(=O)CCCCCNC(=O)C(CSCCNC(=O)CCCc4ccc(C)cc4)NC(=O)CN4CCN(COC=O)CCN(COC=O)CCN(CC(=O)O)CC4)CC3)cc12. The third-order valence-corrected chi connectivity index (χ3v) is 17.0. The molecule has 6 amide bonds. The molecule has 1 aromatic heterocycles. The largest absolute Gasteiger partial charge is 0.494 e. The van der Waals surface area contributed by atoms with E-state index < -0.39 is 61.2 Å². The normalized spacial score (nSPS) is 17.5. The lowest BCUT2D eigenvalue weighted by Crippen LogP contribution is -2.53. The zero-order chi connectivity index (χ0) is 65.4. The number of terminal acetylenes is 1. The van der Waals surface area contributed by atoms with Gasteiger partial charge in [0, 0.05) is 141 Å². The van der Waals surface area contributed by atoms with Gasteiger partial charge in [0.25, 0.3) is 24.8 Å². The van der Waals surface area contributed by atoms with Crippen LogP contribution in [0, 0.1) is 19.3 Å². The molecule has 25 nitrogen and oxygen atoms in total. The molecule has 0 spiro atoms. The van der Waals surface area contributed by atoms with Crippen LogP contribution in [-0.2, 0) is 54.3 Å². The van der Waals surface area contributed by atoms with Gasteiger partial charge >= 0.3 is 5.97 Å². The number of fused-ring (bicyclic) bond motifs is 1. The van der Waals surface area contributed by atoms with E-state index in [0.717, 1.165) is 17.9 Å². The van der Waals surface area contributed by atoms with E-state index in [-0.39, 0.29) is 62.1 Å². The number of piperazine rings is 1. The van der Waals surface area contributed by atoms with E-state index in [9.17, 15) is 57.0 Å². The standard InChI is InChI=1S/C63H88F2N12O13S/c1-3-50-38-63(64,65)43-77(50)59(83)39-69-61(86)52-18-20-66-54-17-16-51(37-53(52)54)90-35-8-22-71-31-33-76(34-32-71)58(82)11-5-4-6-19-68-62(87)55(42-91-36-21-67-56(80)10-7-9-49-14-12-48(2)13-15-49)70-57(81)40-72-23-24-73(41-60(84)85)26-28-75(45-89-47-79)30-29-74(27-25-72)44-88-46-78/h1,12-18,20,37,46-47,50,55H,4-11,19,21-36,38-45H2,2H3,(H,67,80)(H,68,87)(H,69,86)(H,70,81)(H,84,85)/t50-,55?/m0/s1. The molecule has 4 heterocycles. The first kappa shape index (κ1) is 72.5. The van der Waals surface area contributed by atoms with Gasteiger partial charge in [0.05, 0.1) is 49.9 Å². The lowest BCUT2D eigenvalue weighted by molar-refractivity contribution is -0.139. The smallest absolute Gasteiger partial charge is 0.317 e. The van der Waals surface area contributed by atoms with Crippen molar-refractivity contribution in [2.75, 3.05) is 156 Å². The minimum atomic E-state index is -3.10. The lowest BCUT2D eigenvalue weighted by Gasteiger charge is -2.34. The van der Waals surface area contributed by atoms with E-state index in [0.29, 0.717) is 172 Å². The number of aryl methyl sites for hydroxylation is 2. The number of alkyl halides is 2. The van der Waals surface area contributed by atoms with E-state index in [2.05, 4.69) is 49.2 Å². The number of rotatable bonds is 35. The summed E-state index contributed by atoms with van der Waals surface area (Å²) in [7, 11) is 0. The fourth-order valence-electron chi connectivity index (χ4n) is 10.8. The van der Waals surface area contributed by atoms with Gasteiger partial charge in [0.1, 0.15) is 25.3 Å². The Morgan fingerprint density at radius 1 is 0.747 bits per heavy atom. The lowest BCUT2D eigenvalue weighted by atomic mass is 10.1. The van der Waals surface area contributed by atoms with E-state index in [1.165, 1.54) is 35.2 Å². The summed E-state index contributed by atoms with van der Waals surface area (Å²) < 4.78 is 44.1. The number of carbonyl (C=O) groups excluding carboxylic acids is 8. The maximum Gasteiger partial charge on any atom is 0.317 e. The summed E-state index contributed by atoms with van der Waals surface area (Å²) in [5, 5.41) is 21.6. The van der Waals surface area contributed by atoms with Crippen LogP contribution in [0.1, 0.15) is 72.9 Å². The second kappa shape index (κ2) is 39.0. The van der Waals surface area contributed by atoms with Gasteiger partial charge in [0.15, 0.2) is 0 Å². The molecule has 3 fully saturated rings. The number of carbonyl (C=O) groups is 9. The molecule has 5 N–H and O–H groups in total. The number of hydrogen-bond donors (Lipinski definition) is 5. The molecule has 2 atom stereocenters. The number of nitrogens with one attached hydrogen (secondary N) is 4. The Morgan fingerprint density at radius 2 is 1.41 bits per heavy atom. The molecule has 3 aliphatic heterocycles. The van der Waals surface area contributed by atoms with Gasteiger partial charge in [-0.2, -0.15) is 11.8 Å². The van der Waals surface area contributed by atoms with Crippen LogP contribution in [0.5, 0.6) is 5.75 Å². The summed E-state index contributed by atoms with van der Waals surface area (Å²) in [4.78, 5) is 130. The second-order valence-electron chi connectivity index (χ2n) is 22.9. The Hall–Kier alpha value is -7.55. The zero-order valence-corrected chi connectivity index (χ0v) is 52.8. The Kier molecular flexibility index (Phi) is 31.1. The average Bonchev–Trinajstić information content (AvgIpc) is 1.91. The number of benzene rings is 2. The molecule has 0 saturated carbocycles. The average molecular weight is 1290 g/mol. The van der Waals surface area contributed by atoms with Crippen molar-refractivity contribution in [3.8, 4) is 18.1 Å². The van der Waals surface area contributed by atoms with Gasteiger partial charge in [-0.15, -0.1) is 6.42 Å². The van der Waals surface area contributed by atoms with Gasteiger partial charge in [0.2, 0.25) is 29.5 Å². The number of pyridine rings is 1. The predicted molar refractivity (Wildman–Crippen MR) is 337 cm³/mol. The molecule has 28 heteroatoms.